The molecular weight excluding hydrogens is 346 g/mol. The summed E-state index contributed by atoms with van der Waals surface area (Å²) in [5.74, 6) is 0.648. The molecule has 0 atom stereocenters. The maximum Gasteiger partial charge on any atom is 0.337 e. The van der Waals surface area contributed by atoms with Crippen molar-refractivity contribution in [3.8, 4) is 0 Å². The number of ether oxygens (including phenoxy) is 1. The van der Waals surface area contributed by atoms with Gasteiger partial charge >= 0.3 is 5.97 Å². The van der Waals surface area contributed by atoms with Crippen molar-refractivity contribution in [1.29, 1.82) is 0 Å². The number of carbonyl (C=O) groups excluding carboxylic acids is 1. The number of hydrogen-bond donors (Lipinski definition) is 1. The molecule has 5 nitrogen and oxygen atoms in total. The Balaban J connectivity index is 1.67. The zero-order valence-corrected chi connectivity index (χ0v) is 17.2. The van der Waals surface area contributed by atoms with Crippen LogP contribution in [-0.2, 0) is 4.74 Å². The lowest BCUT2D eigenvalue weighted by Gasteiger charge is -2.53. The second-order valence-corrected chi connectivity index (χ2v) is 9.33. The van der Waals surface area contributed by atoms with E-state index < -0.39 is 0 Å². The van der Waals surface area contributed by atoms with E-state index in [1.54, 1.807) is 23.9 Å². The molecule has 1 aromatic heterocycles. The van der Waals surface area contributed by atoms with Crippen molar-refractivity contribution in [3.05, 3.63) is 23.8 Å². The third kappa shape index (κ3) is 3.91. The molecule has 1 fully saturated rings. The van der Waals surface area contributed by atoms with Gasteiger partial charge in [-0.2, -0.15) is 0 Å². The van der Waals surface area contributed by atoms with Crippen molar-refractivity contribution in [2.45, 2.75) is 63.2 Å². The standard InChI is InChI=1S/C20H29N3O2S/c1-19(2)9-6-10-20(3,4)23(19)11-12-26-18-21-15-8-7-14(17(24)25-5)13-16(15)22-18/h7-8,13H,6,9-12H2,1-5H3,(H,21,22). The summed E-state index contributed by atoms with van der Waals surface area (Å²) in [6, 6.07) is 5.42. The molecule has 1 aromatic carbocycles. The Labute approximate surface area is 159 Å². The van der Waals surface area contributed by atoms with Crippen LogP contribution in [0.3, 0.4) is 0 Å². The molecule has 1 aliphatic heterocycles. The highest BCUT2D eigenvalue weighted by Crippen LogP contribution is 2.38. The molecule has 2 aromatic rings. The predicted molar refractivity (Wildman–Crippen MR) is 107 cm³/mol. The Bertz CT molecular complexity index is 781. The van der Waals surface area contributed by atoms with Crippen molar-refractivity contribution in [1.82, 2.24) is 14.9 Å². The number of methoxy groups -OCH3 is 1. The average molecular weight is 376 g/mol. The number of likely N-dealkylation sites (tertiary alicyclic amines) is 1. The Morgan fingerprint density at radius 1 is 1.27 bits per heavy atom. The predicted octanol–water partition coefficient (Wildman–Crippen LogP) is 4.48. The van der Waals surface area contributed by atoms with Gasteiger partial charge in [0.05, 0.1) is 23.7 Å². The zero-order chi connectivity index (χ0) is 18.9. The topological polar surface area (TPSA) is 58.2 Å². The smallest absolute Gasteiger partial charge is 0.337 e. The minimum absolute atomic E-state index is 0.242. The maximum atomic E-state index is 11.7. The summed E-state index contributed by atoms with van der Waals surface area (Å²) in [6.45, 7) is 10.5. The van der Waals surface area contributed by atoms with E-state index >= 15 is 0 Å². The molecule has 1 N–H and O–H groups in total. The van der Waals surface area contributed by atoms with Crippen LogP contribution in [0.4, 0.5) is 0 Å². The van der Waals surface area contributed by atoms with Crippen LogP contribution in [0.2, 0.25) is 0 Å². The number of fused-ring (bicyclic) bond motifs is 1. The van der Waals surface area contributed by atoms with E-state index in [4.69, 9.17) is 4.74 Å². The molecule has 0 bridgehead atoms. The van der Waals surface area contributed by atoms with Crippen molar-refractivity contribution in [2.24, 2.45) is 0 Å². The molecule has 6 heteroatoms. The van der Waals surface area contributed by atoms with Gasteiger partial charge in [-0.15, -0.1) is 0 Å². The molecule has 0 radical (unpaired) electrons. The fraction of sp³-hybridized carbons (Fsp3) is 0.600. The van der Waals surface area contributed by atoms with E-state index in [2.05, 4.69) is 42.6 Å². The number of esters is 1. The van der Waals surface area contributed by atoms with Gasteiger partial charge in [-0.3, -0.25) is 4.90 Å². The molecule has 142 valence electrons. The van der Waals surface area contributed by atoms with Gasteiger partial charge in [0.25, 0.3) is 0 Å². The molecule has 0 unspecified atom stereocenters. The summed E-state index contributed by atoms with van der Waals surface area (Å²) in [5.41, 5.74) is 2.75. The third-order valence-electron chi connectivity index (χ3n) is 5.47. The molecular formula is C20H29N3O2S. The van der Waals surface area contributed by atoms with E-state index in [1.165, 1.54) is 26.4 Å². The largest absolute Gasteiger partial charge is 0.465 e. The van der Waals surface area contributed by atoms with E-state index in [0.29, 0.717) is 5.56 Å². The maximum absolute atomic E-state index is 11.7. The lowest BCUT2D eigenvalue weighted by molar-refractivity contribution is -0.0209. The molecule has 26 heavy (non-hydrogen) atoms. The number of benzene rings is 1. The highest BCUT2D eigenvalue weighted by molar-refractivity contribution is 7.99. The second kappa shape index (κ2) is 7.24. The Morgan fingerprint density at radius 3 is 2.62 bits per heavy atom. The molecule has 0 spiro atoms. The average Bonchev–Trinajstić information content (AvgIpc) is 2.97. The molecule has 0 aliphatic carbocycles. The molecule has 0 saturated carbocycles. The van der Waals surface area contributed by atoms with E-state index in [1.807, 2.05) is 6.07 Å². The van der Waals surface area contributed by atoms with Crippen LogP contribution in [0, 0.1) is 0 Å². The number of rotatable bonds is 5. The molecule has 1 saturated heterocycles. The van der Waals surface area contributed by atoms with Crippen LogP contribution in [0.25, 0.3) is 11.0 Å². The van der Waals surface area contributed by atoms with Crippen LogP contribution in [0.1, 0.15) is 57.3 Å². The number of nitrogens with one attached hydrogen (secondary N) is 1. The highest BCUT2D eigenvalue weighted by atomic mass is 32.2. The van der Waals surface area contributed by atoms with Crippen LogP contribution < -0.4 is 0 Å². The number of aromatic nitrogens is 2. The van der Waals surface area contributed by atoms with Crippen LogP contribution in [-0.4, -0.2) is 51.3 Å². The minimum Gasteiger partial charge on any atom is -0.465 e. The van der Waals surface area contributed by atoms with E-state index in [9.17, 15) is 4.79 Å². The Hall–Kier alpha value is -1.53. The van der Waals surface area contributed by atoms with E-state index in [-0.39, 0.29) is 17.0 Å². The quantitative estimate of drug-likeness (QED) is 0.616. The first-order chi connectivity index (χ1) is 12.2. The number of carbonyl (C=O) groups is 1. The summed E-state index contributed by atoms with van der Waals surface area (Å²) in [6.07, 6.45) is 3.81. The van der Waals surface area contributed by atoms with Crippen molar-refractivity contribution in [2.75, 3.05) is 19.4 Å². The molecule has 0 amide bonds. The Morgan fingerprint density at radius 2 is 1.96 bits per heavy atom. The fourth-order valence-electron chi connectivity index (χ4n) is 4.18. The van der Waals surface area contributed by atoms with Gasteiger partial charge < -0.3 is 9.72 Å². The summed E-state index contributed by atoms with van der Waals surface area (Å²) in [7, 11) is 1.39. The number of piperidine rings is 1. The lowest BCUT2D eigenvalue weighted by Crippen LogP contribution is -2.59. The second-order valence-electron chi connectivity index (χ2n) is 8.24. The van der Waals surface area contributed by atoms with Gasteiger partial charge in [-0.1, -0.05) is 11.8 Å². The van der Waals surface area contributed by atoms with Crippen LogP contribution >= 0.6 is 11.8 Å². The van der Waals surface area contributed by atoms with Gasteiger partial charge in [-0.05, 0) is 65.2 Å². The van der Waals surface area contributed by atoms with Crippen molar-refractivity contribution < 1.29 is 9.53 Å². The SMILES string of the molecule is COC(=O)c1ccc2[nH]c(SCCN3C(C)(C)CCCC3(C)C)nc2c1. The molecule has 2 heterocycles. The first-order valence-electron chi connectivity index (χ1n) is 9.22. The number of nitrogens with zero attached hydrogens (tertiary/aromatic N) is 2. The molecule has 1 aliphatic rings. The normalized spacial score (nSPS) is 19.6. The monoisotopic (exact) mass is 375 g/mol. The minimum atomic E-state index is -0.335. The third-order valence-corrected chi connectivity index (χ3v) is 6.33. The molecule has 3 rings (SSSR count). The van der Waals surface area contributed by atoms with Gasteiger partial charge in [0.2, 0.25) is 0 Å². The summed E-state index contributed by atoms with van der Waals surface area (Å²) in [5, 5.41) is 0.898. The van der Waals surface area contributed by atoms with Gasteiger partial charge in [0.1, 0.15) is 0 Å². The van der Waals surface area contributed by atoms with Gasteiger partial charge in [-0.25, -0.2) is 9.78 Å². The van der Waals surface area contributed by atoms with Gasteiger partial charge in [0.15, 0.2) is 5.16 Å². The number of imidazole rings is 1. The summed E-state index contributed by atoms with van der Waals surface area (Å²) >= 11 is 1.74. The lowest BCUT2D eigenvalue weighted by atomic mass is 9.80. The fourth-order valence-corrected chi connectivity index (χ4v) is 4.99. The first-order valence-corrected chi connectivity index (χ1v) is 10.2. The summed E-state index contributed by atoms with van der Waals surface area (Å²) < 4.78 is 4.78. The van der Waals surface area contributed by atoms with Crippen molar-refractivity contribution >= 4 is 28.8 Å². The summed E-state index contributed by atoms with van der Waals surface area (Å²) in [4.78, 5) is 22.3. The number of hydrogen-bond acceptors (Lipinski definition) is 5. The van der Waals surface area contributed by atoms with Crippen LogP contribution in [0.15, 0.2) is 23.4 Å². The Kier molecular flexibility index (Phi) is 5.35. The van der Waals surface area contributed by atoms with Crippen LogP contribution in [0.5, 0.6) is 0 Å². The number of thioether (sulfide) groups is 1. The van der Waals surface area contributed by atoms with E-state index in [0.717, 1.165) is 28.5 Å². The zero-order valence-electron chi connectivity index (χ0n) is 16.4. The van der Waals surface area contributed by atoms with Gasteiger partial charge in [0, 0.05) is 23.4 Å². The first kappa shape index (κ1) is 19.2. The van der Waals surface area contributed by atoms with Crippen molar-refractivity contribution in [3.63, 3.8) is 0 Å². The highest BCUT2D eigenvalue weighted by Gasteiger charge is 2.40. The number of H-pyrrole nitrogens is 1. The number of aromatic amines is 1.